The zero-order valence-corrected chi connectivity index (χ0v) is 16.4. The maximum atomic E-state index is 12.1. The van der Waals surface area contributed by atoms with E-state index in [0.717, 1.165) is 22.9 Å². The molecule has 1 fully saturated rings. The van der Waals surface area contributed by atoms with Gasteiger partial charge in [0.15, 0.2) is 12.3 Å². The first-order valence-electron chi connectivity index (χ1n) is 9.15. The molecule has 7 N–H and O–H groups in total. The van der Waals surface area contributed by atoms with Crippen LogP contribution in [-0.4, -0.2) is 91.9 Å². The Morgan fingerprint density at radius 2 is 1.94 bits per heavy atom. The smallest absolute Gasteiger partial charge is 0.371 e. The highest BCUT2D eigenvalue weighted by atomic mass is 16.7. The SMILES string of the molecule is COC1C(O)C(n2ccc(=O)[nH]c2=O)OC1C(OC1OC(C(=O)O)=CC(O)C1O)C(N)=O. The van der Waals surface area contributed by atoms with Crippen LogP contribution >= 0.6 is 0 Å². The van der Waals surface area contributed by atoms with Crippen LogP contribution in [0.2, 0.25) is 0 Å². The molecule has 15 heteroatoms. The molecule has 1 saturated heterocycles. The number of aliphatic hydroxyl groups is 3. The Morgan fingerprint density at radius 3 is 2.50 bits per heavy atom. The van der Waals surface area contributed by atoms with Crippen LogP contribution in [0, 0.1) is 0 Å². The molecule has 1 aromatic heterocycles. The van der Waals surface area contributed by atoms with Crippen LogP contribution in [0.3, 0.4) is 0 Å². The zero-order chi connectivity index (χ0) is 23.7. The molecule has 3 rings (SSSR count). The molecule has 1 aromatic rings. The molecule has 0 bridgehead atoms. The first-order chi connectivity index (χ1) is 15.0. The third-order valence-corrected chi connectivity index (χ3v) is 4.91. The van der Waals surface area contributed by atoms with Gasteiger partial charge in [0.25, 0.3) is 5.56 Å². The first-order valence-corrected chi connectivity index (χ1v) is 9.15. The Balaban J connectivity index is 1.89. The number of amides is 1. The molecule has 15 nitrogen and oxygen atoms in total. The fraction of sp³-hybridized carbons (Fsp3) is 0.529. The number of carbonyl (C=O) groups excluding carboxylic acids is 1. The summed E-state index contributed by atoms with van der Waals surface area (Å²) in [6, 6.07) is 1.00. The lowest BCUT2D eigenvalue weighted by Gasteiger charge is -2.34. The summed E-state index contributed by atoms with van der Waals surface area (Å²) >= 11 is 0. The second-order valence-electron chi connectivity index (χ2n) is 6.96. The standard InChI is InChI=1S/C17H21N3O12/c1-29-10-9(24)14(20-3-2-7(22)19-17(20)28)31-11(10)12(13(18)25)32-16-8(23)5(21)4-6(30-16)15(26)27/h2-5,8-12,14,16,21,23-24H,1H3,(H2,18,25)(H,26,27)(H,19,22,28). The van der Waals surface area contributed by atoms with Gasteiger partial charge in [0, 0.05) is 19.4 Å². The predicted molar refractivity (Wildman–Crippen MR) is 98.7 cm³/mol. The lowest BCUT2D eigenvalue weighted by Crippen LogP contribution is -2.53. The van der Waals surface area contributed by atoms with E-state index in [-0.39, 0.29) is 0 Å². The molecule has 32 heavy (non-hydrogen) atoms. The maximum absolute atomic E-state index is 12.1. The van der Waals surface area contributed by atoms with Gasteiger partial charge < -0.3 is 45.1 Å². The van der Waals surface area contributed by atoms with E-state index in [4.69, 9.17) is 29.8 Å². The van der Waals surface area contributed by atoms with Crippen molar-refractivity contribution in [2.24, 2.45) is 5.73 Å². The summed E-state index contributed by atoms with van der Waals surface area (Å²) in [5, 5.41) is 39.6. The molecule has 0 spiro atoms. The van der Waals surface area contributed by atoms with Crippen LogP contribution in [0.4, 0.5) is 0 Å². The van der Waals surface area contributed by atoms with Crippen LogP contribution in [0.5, 0.6) is 0 Å². The molecule has 8 atom stereocenters. The number of H-pyrrole nitrogens is 1. The Labute approximate surface area is 178 Å². The van der Waals surface area contributed by atoms with Gasteiger partial charge in [-0.15, -0.1) is 0 Å². The summed E-state index contributed by atoms with van der Waals surface area (Å²) in [7, 11) is 1.17. The molecule has 2 aliphatic heterocycles. The maximum Gasteiger partial charge on any atom is 0.371 e. The molecule has 2 aliphatic rings. The molecule has 176 valence electrons. The second kappa shape index (κ2) is 9.19. The lowest BCUT2D eigenvalue weighted by molar-refractivity contribution is -0.242. The van der Waals surface area contributed by atoms with Gasteiger partial charge in [-0.1, -0.05) is 0 Å². The monoisotopic (exact) mass is 459 g/mol. The predicted octanol–water partition coefficient (Wildman–Crippen LogP) is -4.27. The normalized spacial score (nSPS) is 33.2. The molecule has 0 radical (unpaired) electrons. The van der Waals surface area contributed by atoms with E-state index < -0.39 is 78.0 Å². The fourth-order valence-electron chi connectivity index (χ4n) is 3.38. The van der Waals surface area contributed by atoms with Crippen molar-refractivity contribution < 1.29 is 49.0 Å². The van der Waals surface area contributed by atoms with Gasteiger partial charge in [0.05, 0.1) is 0 Å². The summed E-state index contributed by atoms with van der Waals surface area (Å²) in [6.07, 6.45) is -11.1. The van der Waals surface area contributed by atoms with Crippen molar-refractivity contribution in [1.82, 2.24) is 9.55 Å². The zero-order valence-electron chi connectivity index (χ0n) is 16.4. The molecule has 0 aliphatic carbocycles. The lowest BCUT2D eigenvalue weighted by atomic mass is 10.0. The largest absolute Gasteiger partial charge is 0.475 e. The van der Waals surface area contributed by atoms with Crippen molar-refractivity contribution in [3.8, 4) is 0 Å². The highest BCUT2D eigenvalue weighted by Gasteiger charge is 2.52. The highest BCUT2D eigenvalue weighted by molar-refractivity contribution is 5.84. The fourth-order valence-corrected chi connectivity index (χ4v) is 3.38. The minimum atomic E-state index is -1.85. The van der Waals surface area contributed by atoms with E-state index in [1.807, 2.05) is 4.98 Å². The number of ether oxygens (including phenoxy) is 4. The van der Waals surface area contributed by atoms with E-state index in [1.165, 1.54) is 7.11 Å². The Morgan fingerprint density at radius 1 is 1.25 bits per heavy atom. The van der Waals surface area contributed by atoms with Crippen LogP contribution in [-0.2, 0) is 28.5 Å². The molecular formula is C17H21N3O12. The van der Waals surface area contributed by atoms with E-state index in [1.54, 1.807) is 0 Å². The van der Waals surface area contributed by atoms with Gasteiger partial charge in [-0.3, -0.25) is 19.1 Å². The van der Waals surface area contributed by atoms with Crippen LogP contribution in [0.1, 0.15) is 6.23 Å². The first kappa shape index (κ1) is 23.6. The second-order valence-corrected chi connectivity index (χ2v) is 6.96. The number of carboxylic acids is 1. The van der Waals surface area contributed by atoms with E-state index >= 15 is 0 Å². The highest BCUT2D eigenvalue weighted by Crippen LogP contribution is 2.34. The number of hydrogen-bond donors (Lipinski definition) is 6. The van der Waals surface area contributed by atoms with Crippen molar-refractivity contribution in [3.63, 3.8) is 0 Å². The minimum absolute atomic E-state index is 0.693. The average Bonchev–Trinajstić information content (AvgIpc) is 3.04. The number of aliphatic hydroxyl groups excluding tert-OH is 3. The van der Waals surface area contributed by atoms with Crippen LogP contribution < -0.4 is 17.0 Å². The van der Waals surface area contributed by atoms with Gasteiger partial charge in [-0.2, -0.15) is 0 Å². The summed E-state index contributed by atoms with van der Waals surface area (Å²) < 4.78 is 21.9. The quantitative estimate of drug-likeness (QED) is 0.227. The number of aromatic amines is 1. The topological polar surface area (TPSA) is 233 Å². The third-order valence-electron chi connectivity index (χ3n) is 4.91. The Hall–Kier alpha value is -3.08. The number of hydrogen-bond acceptors (Lipinski definition) is 11. The number of aromatic nitrogens is 2. The molecule has 0 aromatic carbocycles. The number of carboxylic acid groups (broad SMARTS) is 1. The number of carbonyl (C=O) groups is 2. The van der Waals surface area contributed by atoms with E-state index in [2.05, 4.69) is 0 Å². The number of primary amides is 1. The summed E-state index contributed by atoms with van der Waals surface area (Å²) in [5.41, 5.74) is 3.77. The molecule has 8 unspecified atom stereocenters. The third kappa shape index (κ3) is 4.43. The molecule has 3 heterocycles. The van der Waals surface area contributed by atoms with Gasteiger partial charge >= 0.3 is 11.7 Å². The molecule has 0 saturated carbocycles. The number of rotatable bonds is 7. The van der Waals surface area contributed by atoms with E-state index in [0.29, 0.717) is 0 Å². The summed E-state index contributed by atoms with van der Waals surface area (Å²) in [4.78, 5) is 48.6. The Kier molecular flexibility index (Phi) is 6.77. The number of nitrogens with two attached hydrogens (primary N) is 1. The van der Waals surface area contributed by atoms with Crippen molar-refractivity contribution >= 4 is 11.9 Å². The van der Waals surface area contributed by atoms with Crippen LogP contribution in [0.25, 0.3) is 0 Å². The van der Waals surface area contributed by atoms with Crippen molar-refractivity contribution in [2.45, 2.75) is 49.1 Å². The average molecular weight is 459 g/mol. The van der Waals surface area contributed by atoms with Gasteiger partial charge in [0.1, 0.15) is 30.5 Å². The number of methoxy groups -OCH3 is 1. The van der Waals surface area contributed by atoms with Gasteiger partial charge in [0.2, 0.25) is 18.0 Å². The summed E-state index contributed by atoms with van der Waals surface area (Å²) in [6.45, 7) is 0. The summed E-state index contributed by atoms with van der Waals surface area (Å²) in [5.74, 6) is -3.49. The van der Waals surface area contributed by atoms with Crippen molar-refractivity contribution in [3.05, 3.63) is 44.9 Å². The van der Waals surface area contributed by atoms with Gasteiger partial charge in [-0.25, -0.2) is 9.59 Å². The van der Waals surface area contributed by atoms with Crippen molar-refractivity contribution in [2.75, 3.05) is 7.11 Å². The van der Waals surface area contributed by atoms with E-state index in [9.17, 15) is 34.5 Å². The number of aliphatic carboxylic acids is 1. The minimum Gasteiger partial charge on any atom is -0.475 e. The Bertz CT molecular complexity index is 1020. The molecule has 1 amide bonds. The number of nitrogens with one attached hydrogen (secondary N) is 1. The van der Waals surface area contributed by atoms with Crippen LogP contribution in [0.15, 0.2) is 33.7 Å². The molecular weight excluding hydrogens is 438 g/mol. The number of nitrogens with zero attached hydrogens (tertiary/aromatic N) is 1. The van der Waals surface area contributed by atoms with Gasteiger partial charge in [-0.05, 0) is 6.08 Å². The van der Waals surface area contributed by atoms with Crippen molar-refractivity contribution in [1.29, 1.82) is 0 Å².